The number of aryl methyl sites for hydroxylation is 2. The zero-order chi connectivity index (χ0) is 15.3. The summed E-state index contributed by atoms with van der Waals surface area (Å²) >= 11 is 0. The number of benzene rings is 1. The number of carbonyl (C=O) groups is 2. The van der Waals surface area contributed by atoms with Gasteiger partial charge in [-0.25, -0.2) is 0 Å². The molecule has 0 bridgehead atoms. The first-order chi connectivity index (χ1) is 9.36. The van der Waals surface area contributed by atoms with Crippen LogP contribution in [0.5, 0.6) is 5.75 Å². The topological polar surface area (TPSA) is 66.8 Å². The molecular weight excluding hydrogens is 258 g/mol. The Hall–Kier alpha value is -2.04. The molecule has 0 saturated heterocycles. The number of amides is 1. The zero-order valence-corrected chi connectivity index (χ0v) is 12.4. The molecule has 0 fully saturated rings. The van der Waals surface area contributed by atoms with Crippen molar-refractivity contribution in [2.45, 2.75) is 33.6 Å². The monoisotopic (exact) mass is 279 g/mol. The zero-order valence-electron chi connectivity index (χ0n) is 12.4. The number of nitrogens with zero attached hydrogens (tertiary/aromatic N) is 1. The molecule has 1 rings (SSSR count). The van der Waals surface area contributed by atoms with Crippen molar-refractivity contribution in [1.29, 1.82) is 0 Å². The number of carbonyl (C=O) groups excluding carboxylic acids is 1. The fraction of sp³-hybridized carbons (Fsp3) is 0.467. The first-order valence-electron chi connectivity index (χ1n) is 6.59. The minimum atomic E-state index is -0.975. The van der Waals surface area contributed by atoms with Gasteiger partial charge in [-0.2, -0.15) is 0 Å². The van der Waals surface area contributed by atoms with Gasteiger partial charge in [0.15, 0.2) is 0 Å². The predicted molar refractivity (Wildman–Crippen MR) is 77.4 cm³/mol. The molecule has 1 amide bonds. The summed E-state index contributed by atoms with van der Waals surface area (Å²) in [4.78, 5) is 24.1. The van der Waals surface area contributed by atoms with Gasteiger partial charge in [-0.1, -0.05) is 6.07 Å². The highest BCUT2D eigenvalue weighted by Gasteiger charge is 2.19. The lowest BCUT2D eigenvalue weighted by atomic mass is 10.1. The highest BCUT2D eigenvalue weighted by Crippen LogP contribution is 2.33. The van der Waals surface area contributed by atoms with Crippen molar-refractivity contribution in [3.63, 3.8) is 0 Å². The molecule has 5 nitrogen and oxygen atoms in total. The van der Waals surface area contributed by atoms with Crippen LogP contribution in [0.4, 0.5) is 5.69 Å². The number of hydrogen-bond donors (Lipinski definition) is 1. The van der Waals surface area contributed by atoms with E-state index in [9.17, 15) is 9.59 Å². The molecule has 1 N–H and O–H groups in total. The van der Waals surface area contributed by atoms with Crippen molar-refractivity contribution in [2.75, 3.05) is 18.6 Å². The van der Waals surface area contributed by atoms with E-state index in [-0.39, 0.29) is 18.7 Å². The minimum Gasteiger partial charge on any atom is -0.492 e. The van der Waals surface area contributed by atoms with Crippen molar-refractivity contribution in [3.8, 4) is 5.75 Å². The van der Waals surface area contributed by atoms with Crippen LogP contribution in [0.3, 0.4) is 0 Å². The van der Waals surface area contributed by atoms with Gasteiger partial charge in [0, 0.05) is 13.5 Å². The molecule has 0 atom stereocenters. The Morgan fingerprint density at radius 1 is 1.25 bits per heavy atom. The number of carboxylic acids is 1. The maximum absolute atomic E-state index is 12.0. The smallest absolute Gasteiger partial charge is 0.303 e. The van der Waals surface area contributed by atoms with Crippen molar-refractivity contribution in [2.24, 2.45) is 0 Å². The third-order valence-electron chi connectivity index (χ3n) is 2.97. The van der Waals surface area contributed by atoms with Crippen LogP contribution in [0.25, 0.3) is 0 Å². The number of ether oxygens (including phenoxy) is 1. The average Bonchev–Trinajstić information content (AvgIpc) is 2.35. The van der Waals surface area contributed by atoms with Gasteiger partial charge < -0.3 is 14.7 Å². The number of carboxylic acid groups (broad SMARTS) is 1. The average molecular weight is 279 g/mol. The van der Waals surface area contributed by atoms with Gasteiger partial charge in [0.05, 0.1) is 18.7 Å². The second-order valence-corrected chi connectivity index (χ2v) is 4.71. The Bertz CT molecular complexity index is 511. The lowest BCUT2D eigenvalue weighted by Crippen LogP contribution is -2.28. The highest BCUT2D eigenvalue weighted by atomic mass is 16.5. The molecule has 0 aliphatic heterocycles. The molecule has 0 heterocycles. The second-order valence-electron chi connectivity index (χ2n) is 4.71. The summed E-state index contributed by atoms with van der Waals surface area (Å²) in [6.45, 7) is 6.26. The number of anilines is 1. The number of hydrogen-bond acceptors (Lipinski definition) is 3. The molecule has 0 aliphatic carbocycles. The van der Waals surface area contributed by atoms with Gasteiger partial charge in [0.2, 0.25) is 5.91 Å². The van der Waals surface area contributed by atoms with Crippen molar-refractivity contribution >= 4 is 17.6 Å². The molecule has 0 aliphatic rings. The largest absolute Gasteiger partial charge is 0.492 e. The van der Waals surface area contributed by atoms with Crippen LogP contribution in [0.1, 0.15) is 30.9 Å². The van der Waals surface area contributed by atoms with Crippen molar-refractivity contribution in [1.82, 2.24) is 0 Å². The van der Waals surface area contributed by atoms with Crippen LogP contribution in [0, 0.1) is 13.8 Å². The molecule has 0 aromatic heterocycles. The molecule has 1 aromatic carbocycles. The van der Waals surface area contributed by atoms with E-state index < -0.39 is 5.97 Å². The Kier molecular flexibility index (Phi) is 5.55. The molecule has 110 valence electrons. The van der Waals surface area contributed by atoms with Crippen LogP contribution >= 0.6 is 0 Å². The van der Waals surface area contributed by atoms with Gasteiger partial charge in [-0.15, -0.1) is 0 Å². The number of aliphatic carboxylic acids is 1. The van der Waals surface area contributed by atoms with Gasteiger partial charge in [-0.3, -0.25) is 9.59 Å². The van der Waals surface area contributed by atoms with E-state index in [0.29, 0.717) is 18.0 Å². The lowest BCUT2D eigenvalue weighted by molar-refractivity contribution is -0.138. The van der Waals surface area contributed by atoms with Crippen LogP contribution < -0.4 is 9.64 Å². The minimum absolute atomic E-state index is 0.0231. The summed E-state index contributed by atoms with van der Waals surface area (Å²) in [5.41, 5.74) is 2.69. The molecule has 0 spiro atoms. The summed E-state index contributed by atoms with van der Waals surface area (Å²) < 4.78 is 5.59. The normalized spacial score (nSPS) is 10.2. The van der Waals surface area contributed by atoms with Gasteiger partial charge >= 0.3 is 5.97 Å². The molecule has 0 unspecified atom stereocenters. The van der Waals surface area contributed by atoms with Crippen LogP contribution in [0.15, 0.2) is 12.1 Å². The Balaban J connectivity index is 3.04. The Morgan fingerprint density at radius 3 is 2.45 bits per heavy atom. The van der Waals surface area contributed by atoms with Gasteiger partial charge in [-0.05, 0) is 38.0 Å². The van der Waals surface area contributed by atoms with Gasteiger partial charge in [0.25, 0.3) is 0 Å². The van der Waals surface area contributed by atoms with E-state index in [1.54, 1.807) is 7.05 Å². The molecule has 0 saturated carbocycles. The summed E-state index contributed by atoms with van der Waals surface area (Å²) in [5.74, 6) is -0.561. The Morgan fingerprint density at radius 2 is 1.90 bits per heavy atom. The molecule has 20 heavy (non-hydrogen) atoms. The summed E-state index contributed by atoms with van der Waals surface area (Å²) in [7, 11) is 1.64. The third kappa shape index (κ3) is 3.98. The maximum atomic E-state index is 12.0. The quantitative estimate of drug-likeness (QED) is 0.869. The second kappa shape index (κ2) is 6.93. The van der Waals surface area contributed by atoms with E-state index >= 15 is 0 Å². The van der Waals surface area contributed by atoms with E-state index in [0.717, 1.165) is 11.1 Å². The Labute approximate surface area is 119 Å². The third-order valence-corrected chi connectivity index (χ3v) is 2.97. The first kappa shape index (κ1) is 16.0. The fourth-order valence-electron chi connectivity index (χ4n) is 2.12. The van der Waals surface area contributed by atoms with Crippen LogP contribution in [0.2, 0.25) is 0 Å². The van der Waals surface area contributed by atoms with Crippen LogP contribution in [-0.2, 0) is 9.59 Å². The van der Waals surface area contributed by atoms with E-state index in [1.807, 2.05) is 32.9 Å². The van der Waals surface area contributed by atoms with Crippen molar-refractivity contribution in [3.05, 3.63) is 23.3 Å². The lowest BCUT2D eigenvalue weighted by Gasteiger charge is -2.23. The van der Waals surface area contributed by atoms with Gasteiger partial charge in [0.1, 0.15) is 5.75 Å². The summed E-state index contributed by atoms with van der Waals surface area (Å²) in [6.07, 6.45) is -0.192. The van der Waals surface area contributed by atoms with E-state index in [4.69, 9.17) is 9.84 Å². The molecule has 0 radical (unpaired) electrons. The maximum Gasteiger partial charge on any atom is 0.303 e. The molecule has 5 heteroatoms. The summed E-state index contributed by atoms with van der Waals surface area (Å²) in [5, 5.41) is 8.65. The molecular formula is C15H21NO4. The number of rotatable bonds is 6. The predicted octanol–water partition coefficient (Wildman–Crippen LogP) is 2.53. The first-order valence-corrected chi connectivity index (χ1v) is 6.59. The van der Waals surface area contributed by atoms with E-state index in [1.165, 1.54) is 4.90 Å². The van der Waals surface area contributed by atoms with Crippen molar-refractivity contribution < 1.29 is 19.4 Å². The van der Waals surface area contributed by atoms with E-state index in [2.05, 4.69) is 0 Å². The molecule has 1 aromatic rings. The highest BCUT2D eigenvalue weighted by molar-refractivity contribution is 5.96. The fourth-order valence-corrected chi connectivity index (χ4v) is 2.12. The standard InChI is InChI=1S/C15H21NO4/c1-5-20-12-9-10(2)8-11(3)15(12)16(4)13(17)6-7-14(18)19/h8-9H,5-7H2,1-4H3,(H,18,19). The SMILES string of the molecule is CCOc1cc(C)cc(C)c1N(C)C(=O)CCC(=O)O. The van der Waals surface area contributed by atoms with Crippen LogP contribution in [-0.4, -0.2) is 30.6 Å². The summed E-state index contributed by atoms with van der Waals surface area (Å²) in [6, 6.07) is 3.85.